The molecule has 1 unspecified atom stereocenters. The molecule has 0 spiro atoms. The molecule has 1 aromatic carbocycles. The molecule has 7 heteroatoms. The van der Waals surface area contributed by atoms with Crippen molar-refractivity contribution in [3.63, 3.8) is 0 Å². The lowest BCUT2D eigenvalue weighted by Crippen LogP contribution is -2.47. The summed E-state index contributed by atoms with van der Waals surface area (Å²) in [4.78, 5) is 11.9. The second-order valence-corrected chi connectivity index (χ2v) is 4.94. The maximum absolute atomic E-state index is 11.9. The van der Waals surface area contributed by atoms with Gasteiger partial charge < -0.3 is 10.6 Å². The van der Waals surface area contributed by atoms with Crippen molar-refractivity contribution >= 4 is 34.8 Å². The predicted octanol–water partition coefficient (Wildman–Crippen LogP) is 1.12. The van der Waals surface area contributed by atoms with Crippen molar-refractivity contribution in [3.05, 3.63) is 46.1 Å². The molecule has 1 aliphatic heterocycles. The Morgan fingerprint density at radius 2 is 2.05 bits per heavy atom. The Labute approximate surface area is 121 Å². The third kappa shape index (κ3) is 2.86. The van der Waals surface area contributed by atoms with E-state index in [1.165, 1.54) is 0 Å². The highest BCUT2D eigenvalue weighted by atomic mass is 35.5. The first-order chi connectivity index (χ1) is 9.02. The van der Waals surface area contributed by atoms with Gasteiger partial charge in [-0.1, -0.05) is 23.7 Å². The summed E-state index contributed by atoms with van der Waals surface area (Å²) in [5, 5.41) is 7.06. The number of hydrogen-bond donors (Lipinski definition) is 4. The number of amides is 1. The van der Waals surface area contributed by atoms with Gasteiger partial charge in [0.15, 0.2) is 5.11 Å². The third-order valence-corrected chi connectivity index (χ3v) is 3.32. The van der Waals surface area contributed by atoms with Gasteiger partial charge in [-0.2, -0.15) is 0 Å². The number of hydrazine groups is 1. The van der Waals surface area contributed by atoms with E-state index in [-0.39, 0.29) is 11.9 Å². The minimum atomic E-state index is -0.361. The summed E-state index contributed by atoms with van der Waals surface area (Å²) < 4.78 is 0. The Balaban J connectivity index is 2.46. The van der Waals surface area contributed by atoms with Crippen molar-refractivity contribution in [1.29, 1.82) is 0 Å². The van der Waals surface area contributed by atoms with Crippen LogP contribution in [0.1, 0.15) is 18.5 Å². The van der Waals surface area contributed by atoms with Crippen LogP contribution in [0.2, 0.25) is 5.02 Å². The zero-order chi connectivity index (χ0) is 14.0. The van der Waals surface area contributed by atoms with E-state index in [0.717, 1.165) is 5.56 Å². The van der Waals surface area contributed by atoms with Crippen LogP contribution in [0.4, 0.5) is 0 Å². The molecule has 5 nitrogen and oxygen atoms in total. The van der Waals surface area contributed by atoms with E-state index in [0.29, 0.717) is 21.4 Å². The van der Waals surface area contributed by atoms with Crippen LogP contribution in [0.5, 0.6) is 0 Å². The van der Waals surface area contributed by atoms with Gasteiger partial charge in [0.1, 0.15) is 0 Å². The lowest BCUT2D eigenvalue weighted by molar-refractivity contribution is -0.118. The fourth-order valence-electron chi connectivity index (χ4n) is 1.98. The number of hydrogen-bond acceptors (Lipinski definition) is 3. The second kappa shape index (κ2) is 5.56. The number of thiocarbonyl (C=S) groups is 1. The maximum atomic E-state index is 11.9. The van der Waals surface area contributed by atoms with Crippen LogP contribution in [0, 0.1) is 0 Å². The topological polar surface area (TPSA) is 79.2 Å². The highest BCUT2D eigenvalue weighted by Gasteiger charge is 2.29. The van der Waals surface area contributed by atoms with Gasteiger partial charge in [-0.3, -0.25) is 10.2 Å². The molecule has 1 aromatic rings. The largest absolute Gasteiger partial charge is 0.351 e. The van der Waals surface area contributed by atoms with Gasteiger partial charge >= 0.3 is 0 Å². The van der Waals surface area contributed by atoms with E-state index in [9.17, 15) is 4.79 Å². The molecular weight excluding hydrogens is 284 g/mol. The van der Waals surface area contributed by atoms with Crippen LogP contribution in [-0.4, -0.2) is 11.0 Å². The monoisotopic (exact) mass is 296 g/mol. The van der Waals surface area contributed by atoms with Crippen LogP contribution in [-0.2, 0) is 4.79 Å². The standard InChI is InChI=1S/C12H13ClN4OS/c1-6-9(11(18)17-14)10(16-12(19)15-6)7-2-4-8(13)5-3-7/h2-5,10H,14H2,1H3,(H,17,18)(H2,15,16,19). The van der Waals surface area contributed by atoms with Crippen LogP contribution in [0.15, 0.2) is 35.5 Å². The van der Waals surface area contributed by atoms with E-state index in [4.69, 9.17) is 29.7 Å². The molecule has 0 saturated carbocycles. The minimum Gasteiger partial charge on any atom is -0.351 e. The van der Waals surface area contributed by atoms with E-state index >= 15 is 0 Å². The Bertz CT molecular complexity index is 555. The fraction of sp³-hybridized carbons (Fsp3) is 0.167. The number of nitrogens with one attached hydrogen (secondary N) is 3. The number of rotatable bonds is 2. The highest BCUT2D eigenvalue weighted by molar-refractivity contribution is 7.80. The van der Waals surface area contributed by atoms with Gasteiger partial charge in [0, 0.05) is 10.7 Å². The van der Waals surface area contributed by atoms with Crippen LogP contribution < -0.4 is 21.9 Å². The van der Waals surface area contributed by atoms with Gasteiger partial charge in [0.25, 0.3) is 5.91 Å². The van der Waals surface area contributed by atoms with Gasteiger partial charge in [-0.05, 0) is 36.8 Å². The van der Waals surface area contributed by atoms with Crippen molar-refractivity contribution in [2.75, 3.05) is 0 Å². The number of allylic oxidation sites excluding steroid dienone is 1. The lowest BCUT2D eigenvalue weighted by Gasteiger charge is -2.30. The molecule has 1 aliphatic rings. The molecule has 0 fully saturated rings. The fourth-order valence-corrected chi connectivity index (χ4v) is 2.37. The van der Waals surface area contributed by atoms with Gasteiger partial charge in [0.05, 0.1) is 11.6 Å². The quantitative estimate of drug-likeness (QED) is 0.285. The molecule has 1 atom stereocenters. The van der Waals surface area contributed by atoms with Crippen molar-refractivity contribution in [2.24, 2.45) is 5.84 Å². The van der Waals surface area contributed by atoms with E-state index in [1.54, 1.807) is 19.1 Å². The Morgan fingerprint density at radius 3 is 2.63 bits per heavy atom. The highest BCUT2D eigenvalue weighted by Crippen LogP contribution is 2.27. The summed E-state index contributed by atoms with van der Waals surface area (Å²) in [6, 6.07) is 6.85. The lowest BCUT2D eigenvalue weighted by atomic mass is 9.95. The number of nitrogens with two attached hydrogens (primary N) is 1. The molecule has 19 heavy (non-hydrogen) atoms. The Morgan fingerprint density at radius 1 is 1.42 bits per heavy atom. The minimum absolute atomic E-state index is 0.352. The molecule has 0 bridgehead atoms. The normalized spacial score (nSPS) is 18.7. The van der Waals surface area contributed by atoms with Gasteiger partial charge in [0.2, 0.25) is 0 Å². The maximum Gasteiger partial charge on any atom is 0.265 e. The first kappa shape index (κ1) is 13.8. The molecule has 0 radical (unpaired) electrons. The second-order valence-electron chi connectivity index (χ2n) is 4.10. The first-order valence-electron chi connectivity index (χ1n) is 5.57. The van der Waals surface area contributed by atoms with E-state index in [2.05, 4.69) is 16.1 Å². The summed E-state index contributed by atoms with van der Waals surface area (Å²) in [7, 11) is 0. The van der Waals surface area contributed by atoms with Crippen LogP contribution in [0.25, 0.3) is 0 Å². The molecule has 0 aliphatic carbocycles. The number of carbonyl (C=O) groups excluding carboxylic acids is 1. The zero-order valence-corrected chi connectivity index (χ0v) is 11.7. The Kier molecular flexibility index (Phi) is 4.04. The number of halogens is 1. The summed E-state index contributed by atoms with van der Waals surface area (Å²) in [5.74, 6) is 4.86. The van der Waals surface area contributed by atoms with E-state index in [1.807, 2.05) is 12.1 Å². The van der Waals surface area contributed by atoms with Gasteiger partial charge in [-0.25, -0.2) is 5.84 Å². The van der Waals surface area contributed by atoms with E-state index < -0.39 is 0 Å². The SMILES string of the molecule is CC1=C(C(=O)NN)C(c2ccc(Cl)cc2)NC(=S)N1. The molecule has 0 saturated heterocycles. The number of benzene rings is 1. The first-order valence-corrected chi connectivity index (χ1v) is 6.36. The summed E-state index contributed by atoms with van der Waals surface area (Å²) in [6.45, 7) is 1.78. The molecule has 2 rings (SSSR count). The van der Waals surface area contributed by atoms with Crippen molar-refractivity contribution in [2.45, 2.75) is 13.0 Å². The summed E-state index contributed by atoms with van der Waals surface area (Å²) in [6.07, 6.45) is 0. The van der Waals surface area contributed by atoms with Crippen molar-refractivity contribution in [3.8, 4) is 0 Å². The molecule has 1 amide bonds. The predicted molar refractivity (Wildman–Crippen MR) is 78.1 cm³/mol. The molecule has 5 N–H and O–H groups in total. The van der Waals surface area contributed by atoms with Gasteiger partial charge in [-0.15, -0.1) is 0 Å². The molecule has 0 aromatic heterocycles. The van der Waals surface area contributed by atoms with Crippen LogP contribution >= 0.6 is 23.8 Å². The Hall–Kier alpha value is -1.63. The summed E-state index contributed by atoms with van der Waals surface area (Å²) in [5.41, 5.74) is 4.20. The molecule has 1 heterocycles. The zero-order valence-electron chi connectivity index (χ0n) is 10.2. The van der Waals surface area contributed by atoms with Crippen molar-refractivity contribution in [1.82, 2.24) is 16.1 Å². The smallest absolute Gasteiger partial charge is 0.265 e. The average molecular weight is 297 g/mol. The molecule has 100 valence electrons. The molecular formula is C12H13ClN4OS. The average Bonchev–Trinajstić information content (AvgIpc) is 2.38. The number of carbonyl (C=O) groups is 1. The summed E-state index contributed by atoms with van der Waals surface area (Å²) >= 11 is 11.0. The third-order valence-electron chi connectivity index (χ3n) is 2.85. The van der Waals surface area contributed by atoms with Crippen LogP contribution in [0.3, 0.4) is 0 Å². The van der Waals surface area contributed by atoms with Crippen molar-refractivity contribution < 1.29 is 4.79 Å².